The lowest BCUT2D eigenvalue weighted by molar-refractivity contribution is 0.0834. The number of aryl methyl sites for hydroxylation is 1. The summed E-state index contributed by atoms with van der Waals surface area (Å²) in [5.74, 6) is 5.80. The van der Waals surface area contributed by atoms with E-state index in [9.17, 15) is 8.42 Å². The second-order valence-electron chi connectivity index (χ2n) is 5.67. The van der Waals surface area contributed by atoms with Gasteiger partial charge in [-0.15, -0.1) is 0 Å². The van der Waals surface area contributed by atoms with Crippen molar-refractivity contribution in [2.24, 2.45) is 0 Å². The Bertz CT molecular complexity index is 692. The minimum Gasteiger partial charge on any atom is -0.368 e. The first-order valence-corrected chi connectivity index (χ1v) is 8.32. The molecule has 0 saturated heterocycles. The summed E-state index contributed by atoms with van der Waals surface area (Å²) in [6.45, 7) is 10.8. The maximum atomic E-state index is 12.9. The van der Waals surface area contributed by atoms with Gasteiger partial charge in [0.25, 0.3) is 0 Å². The zero-order chi connectivity index (χ0) is 17.0. The van der Waals surface area contributed by atoms with E-state index in [0.717, 1.165) is 5.56 Å². The average molecular weight is 321 g/mol. The molecule has 0 aliphatic rings. The smallest absolute Gasteiger partial charge is 0.246 e. The van der Waals surface area contributed by atoms with Gasteiger partial charge in [0.15, 0.2) is 0 Å². The summed E-state index contributed by atoms with van der Waals surface area (Å²) in [6, 6.07) is 6.72. The largest absolute Gasteiger partial charge is 0.368 e. The van der Waals surface area contributed by atoms with Crippen molar-refractivity contribution in [3.05, 3.63) is 42.0 Å². The summed E-state index contributed by atoms with van der Waals surface area (Å²) in [4.78, 5) is 0.223. The lowest BCUT2D eigenvalue weighted by Gasteiger charge is -2.32. The Hall–Kier alpha value is -1.61. The summed E-state index contributed by atoms with van der Waals surface area (Å²) >= 11 is 0. The average Bonchev–Trinajstić information content (AvgIpc) is 2.43. The van der Waals surface area contributed by atoms with Gasteiger partial charge in [-0.1, -0.05) is 36.1 Å². The number of benzene rings is 1. The van der Waals surface area contributed by atoms with Crippen molar-refractivity contribution in [2.75, 3.05) is 13.8 Å². The topological polar surface area (TPSA) is 46.6 Å². The lowest BCUT2D eigenvalue weighted by atomic mass is 10.1. The van der Waals surface area contributed by atoms with E-state index in [1.54, 1.807) is 45.0 Å². The van der Waals surface area contributed by atoms with Gasteiger partial charge in [-0.05, 0) is 45.4 Å². The standard InChI is InChI=1S/C17H23NO3S/c1-14(2)11-12-17(4,5)18(13-21-6)22(19,20)16-9-7-15(3)8-10-16/h7-10H,1,13H2,2-6H3. The molecule has 0 saturated carbocycles. The first-order chi connectivity index (χ1) is 10.1. The molecule has 0 heterocycles. The van der Waals surface area contributed by atoms with Gasteiger partial charge in [0.05, 0.1) is 10.4 Å². The Morgan fingerprint density at radius 3 is 2.32 bits per heavy atom. The third kappa shape index (κ3) is 4.44. The number of rotatable bonds is 5. The molecule has 0 unspecified atom stereocenters. The van der Waals surface area contributed by atoms with Crippen molar-refractivity contribution in [2.45, 2.75) is 38.1 Å². The maximum Gasteiger partial charge on any atom is 0.246 e. The van der Waals surface area contributed by atoms with Crippen LogP contribution in [0.1, 0.15) is 26.3 Å². The van der Waals surface area contributed by atoms with Gasteiger partial charge < -0.3 is 4.74 Å². The molecular formula is C17H23NO3S. The lowest BCUT2D eigenvalue weighted by Crippen LogP contribution is -2.47. The molecule has 0 fully saturated rings. The molecule has 4 nitrogen and oxygen atoms in total. The first-order valence-electron chi connectivity index (χ1n) is 6.88. The highest BCUT2D eigenvalue weighted by Gasteiger charge is 2.36. The zero-order valence-corrected chi connectivity index (χ0v) is 14.6. The molecule has 0 bridgehead atoms. The Balaban J connectivity index is 3.33. The Morgan fingerprint density at radius 2 is 1.86 bits per heavy atom. The maximum absolute atomic E-state index is 12.9. The summed E-state index contributed by atoms with van der Waals surface area (Å²) in [6.07, 6.45) is 0. The molecular weight excluding hydrogens is 298 g/mol. The van der Waals surface area contributed by atoms with Crippen LogP contribution in [0.25, 0.3) is 0 Å². The van der Waals surface area contributed by atoms with Crippen LogP contribution >= 0.6 is 0 Å². The number of nitrogens with zero attached hydrogens (tertiary/aromatic N) is 1. The minimum absolute atomic E-state index is 0.0753. The van der Waals surface area contributed by atoms with E-state index < -0.39 is 15.6 Å². The van der Waals surface area contributed by atoms with Gasteiger partial charge in [0.1, 0.15) is 6.73 Å². The number of sulfonamides is 1. The number of ether oxygens (including phenoxy) is 1. The predicted octanol–water partition coefficient (Wildman–Crippen LogP) is 2.95. The van der Waals surface area contributed by atoms with Crippen LogP contribution in [0.5, 0.6) is 0 Å². The van der Waals surface area contributed by atoms with Crippen molar-refractivity contribution < 1.29 is 13.2 Å². The number of hydrogen-bond acceptors (Lipinski definition) is 3. The van der Waals surface area contributed by atoms with Gasteiger partial charge in [-0.2, -0.15) is 4.31 Å². The highest BCUT2D eigenvalue weighted by atomic mass is 32.2. The SMILES string of the molecule is C=C(C)C#CC(C)(C)N(COC)S(=O)(=O)c1ccc(C)cc1. The van der Waals surface area contributed by atoms with Crippen molar-refractivity contribution in [3.8, 4) is 11.8 Å². The molecule has 1 aromatic rings. The van der Waals surface area contributed by atoms with E-state index in [-0.39, 0.29) is 11.6 Å². The Morgan fingerprint density at radius 1 is 1.32 bits per heavy atom. The fourth-order valence-corrected chi connectivity index (χ4v) is 3.43. The molecule has 0 aliphatic carbocycles. The second-order valence-corrected chi connectivity index (χ2v) is 7.54. The summed E-state index contributed by atoms with van der Waals surface area (Å²) in [5, 5.41) is 0. The molecule has 120 valence electrons. The molecule has 22 heavy (non-hydrogen) atoms. The Labute approximate surface area is 133 Å². The van der Waals surface area contributed by atoms with Crippen LogP contribution in [0.2, 0.25) is 0 Å². The van der Waals surface area contributed by atoms with Crippen molar-refractivity contribution in [1.82, 2.24) is 4.31 Å². The highest BCUT2D eigenvalue weighted by molar-refractivity contribution is 7.89. The molecule has 5 heteroatoms. The third-order valence-corrected chi connectivity index (χ3v) is 5.07. The van der Waals surface area contributed by atoms with Crippen molar-refractivity contribution in [3.63, 3.8) is 0 Å². The van der Waals surface area contributed by atoms with Crippen LogP contribution in [-0.2, 0) is 14.8 Å². The molecule has 1 rings (SSSR count). The number of hydrogen-bond donors (Lipinski definition) is 0. The fourth-order valence-electron chi connectivity index (χ4n) is 1.81. The zero-order valence-electron chi connectivity index (χ0n) is 13.8. The fraction of sp³-hybridized carbons (Fsp3) is 0.412. The molecule has 0 amide bonds. The van der Waals surface area contributed by atoms with Crippen molar-refractivity contribution in [1.29, 1.82) is 0 Å². The molecule has 0 atom stereocenters. The van der Waals surface area contributed by atoms with Crippen molar-refractivity contribution >= 4 is 10.0 Å². The van der Waals surface area contributed by atoms with Gasteiger partial charge in [0.2, 0.25) is 10.0 Å². The van der Waals surface area contributed by atoms with E-state index in [0.29, 0.717) is 5.57 Å². The van der Waals surface area contributed by atoms with Gasteiger partial charge in [-0.25, -0.2) is 8.42 Å². The van der Waals surface area contributed by atoms with E-state index >= 15 is 0 Å². The summed E-state index contributed by atoms with van der Waals surface area (Å²) in [7, 11) is -2.25. The molecule has 1 aromatic carbocycles. The van der Waals surface area contributed by atoms with E-state index in [1.807, 2.05) is 6.92 Å². The molecule has 0 aromatic heterocycles. The van der Waals surface area contributed by atoms with E-state index in [1.165, 1.54) is 11.4 Å². The number of allylic oxidation sites excluding steroid dienone is 1. The van der Waals surface area contributed by atoms with Gasteiger partial charge >= 0.3 is 0 Å². The van der Waals surface area contributed by atoms with Gasteiger partial charge in [0, 0.05) is 7.11 Å². The van der Waals surface area contributed by atoms with Crippen LogP contribution in [0.15, 0.2) is 41.3 Å². The van der Waals surface area contributed by atoms with E-state index in [2.05, 4.69) is 18.4 Å². The van der Waals surface area contributed by atoms with Crippen LogP contribution < -0.4 is 0 Å². The first kappa shape index (κ1) is 18.4. The minimum atomic E-state index is -3.71. The number of methoxy groups -OCH3 is 1. The highest BCUT2D eigenvalue weighted by Crippen LogP contribution is 2.24. The van der Waals surface area contributed by atoms with E-state index in [4.69, 9.17) is 4.74 Å². The monoisotopic (exact) mass is 321 g/mol. The summed E-state index contributed by atoms with van der Waals surface area (Å²) in [5.41, 5.74) is 0.760. The van der Waals surface area contributed by atoms with Crippen LogP contribution in [0.4, 0.5) is 0 Å². The quantitative estimate of drug-likeness (QED) is 0.619. The molecule has 0 N–H and O–H groups in total. The third-order valence-electron chi connectivity index (χ3n) is 3.06. The van der Waals surface area contributed by atoms with Crippen LogP contribution in [0.3, 0.4) is 0 Å². The molecule has 0 radical (unpaired) electrons. The Kier molecular flexibility index (Phi) is 5.95. The van der Waals surface area contributed by atoms with Gasteiger partial charge in [-0.3, -0.25) is 0 Å². The van der Waals surface area contributed by atoms with Crippen LogP contribution in [0, 0.1) is 18.8 Å². The summed E-state index contributed by atoms with van der Waals surface area (Å²) < 4.78 is 32.1. The second kappa shape index (κ2) is 7.10. The molecule has 0 aliphatic heterocycles. The van der Waals surface area contributed by atoms with Crippen LogP contribution in [-0.4, -0.2) is 32.1 Å². The predicted molar refractivity (Wildman–Crippen MR) is 88.7 cm³/mol. The normalized spacial score (nSPS) is 11.9. The molecule has 0 spiro atoms.